The van der Waals surface area contributed by atoms with E-state index in [9.17, 15) is 0 Å². The van der Waals surface area contributed by atoms with Gasteiger partial charge in [0, 0.05) is 12.0 Å². The molecule has 2 heteroatoms. The van der Waals surface area contributed by atoms with E-state index in [-0.39, 0.29) is 6.04 Å². The van der Waals surface area contributed by atoms with Gasteiger partial charge in [0.25, 0.3) is 0 Å². The van der Waals surface area contributed by atoms with Gasteiger partial charge in [-0.05, 0) is 38.1 Å². The van der Waals surface area contributed by atoms with Crippen molar-refractivity contribution in [3.63, 3.8) is 0 Å². The van der Waals surface area contributed by atoms with E-state index < -0.39 is 0 Å². The highest BCUT2D eigenvalue weighted by Gasteiger charge is 2.56. The molecule has 80 valence electrons. The van der Waals surface area contributed by atoms with Crippen LogP contribution in [0, 0.1) is 23.2 Å². The molecule has 0 spiro atoms. The maximum Gasteiger partial charge on any atom is 0.0844 e. The summed E-state index contributed by atoms with van der Waals surface area (Å²) in [7, 11) is 0. The third-order valence-electron chi connectivity index (χ3n) is 3.18. The average molecular weight is 202 g/mol. The van der Waals surface area contributed by atoms with E-state index in [1.165, 1.54) is 6.42 Å². The van der Waals surface area contributed by atoms with Crippen molar-refractivity contribution in [3.05, 3.63) is 24.9 Å². The summed E-state index contributed by atoms with van der Waals surface area (Å²) in [6, 6.07) is 0.220. The van der Waals surface area contributed by atoms with Crippen LogP contribution < -0.4 is 10.6 Å². The van der Waals surface area contributed by atoms with Crippen LogP contribution >= 0.6 is 0 Å². The van der Waals surface area contributed by atoms with Crippen LogP contribution in [-0.4, -0.2) is 19.1 Å². The van der Waals surface area contributed by atoms with Crippen LogP contribution in [0.2, 0.25) is 0 Å². The first kappa shape index (κ1) is 10.3. The Morgan fingerprint density at radius 2 is 2.53 bits per heavy atom. The molecule has 2 fully saturated rings. The minimum absolute atomic E-state index is 0.220. The Bertz CT molecular complexity index is 334. The first-order chi connectivity index (χ1) is 7.27. The quantitative estimate of drug-likeness (QED) is 0.532. The van der Waals surface area contributed by atoms with E-state index >= 15 is 0 Å². The maximum atomic E-state index is 3.61. The topological polar surface area (TPSA) is 24.1 Å². The van der Waals surface area contributed by atoms with Gasteiger partial charge in [-0.1, -0.05) is 24.5 Å². The lowest BCUT2D eigenvalue weighted by Gasteiger charge is -2.04. The molecule has 0 radical (unpaired) electrons. The summed E-state index contributed by atoms with van der Waals surface area (Å²) >= 11 is 0. The fourth-order valence-corrected chi connectivity index (χ4v) is 2.09. The van der Waals surface area contributed by atoms with Crippen LogP contribution in [0.1, 0.15) is 13.3 Å². The summed E-state index contributed by atoms with van der Waals surface area (Å²) in [5.74, 6) is 7.52. The molecular formula is C13H18N2. The van der Waals surface area contributed by atoms with Gasteiger partial charge in [-0.2, -0.15) is 0 Å². The zero-order valence-electron chi connectivity index (χ0n) is 9.22. The van der Waals surface area contributed by atoms with Crippen LogP contribution in [0.5, 0.6) is 0 Å². The molecule has 0 amide bonds. The lowest BCUT2D eigenvalue weighted by atomic mass is 10.1. The maximum absolute atomic E-state index is 3.61. The SMILES string of the molecule is C=C/C=C\N[C@@H](C)C#CC12CNCC1C2. The highest BCUT2D eigenvalue weighted by Crippen LogP contribution is 2.54. The Balaban J connectivity index is 1.83. The number of rotatable bonds is 3. The van der Waals surface area contributed by atoms with Crippen LogP contribution in [-0.2, 0) is 0 Å². The van der Waals surface area contributed by atoms with Crippen LogP contribution in [0.25, 0.3) is 0 Å². The highest BCUT2D eigenvalue weighted by molar-refractivity contribution is 5.29. The number of nitrogens with one attached hydrogen (secondary N) is 2. The molecule has 1 aliphatic carbocycles. The number of allylic oxidation sites excluding steroid dienone is 2. The third kappa shape index (κ3) is 2.24. The largest absolute Gasteiger partial charge is 0.378 e. The Morgan fingerprint density at radius 1 is 1.67 bits per heavy atom. The van der Waals surface area contributed by atoms with Crippen molar-refractivity contribution in [2.24, 2.45) is 11.3 Å². The first-order valence-corrected chi connectivity index (χ1v) is 5.54. The second-order valence-electron chi connectivity index (χ2n) is 4.44. The van der Waals surface area contributed by atoms with E-state index in [1.807, 2.05) is 12.3 Å². The first-order valence-electron chi connectivity index (χ1n) is 5.54. The Hall–Kier alpha value is -1.20. The minimum atomic E-state index is 0.220. The van der Waals surface area contributed by atoms with E-state index in [0.29, 0.717) is 5.41 Å². The molecule has 2 unspecified atom stereocenters. The molecule has 0 bridgehead atoms. The molecule has 0 aromatic carbocycles. The predicted octanol–water partition coefficient (Wildman–Crippen LogP) is 1.28. The summed E-state index contributed by atoms with van der Waals surface area (Å²) in [4.78, 5) is 0. The van der Waals surface area contributed by atoms with Crippen molar-refractivity contribution in [1.29, 1.82) is 0 Å². The Kier molecular flexibility index (Phi) is 2.83. The molecule has 2 rings (SSSR count). The van der Waals surface area contributed by atoms with Crippen molar-refractivity contribution >= 4 is 0 Å². The molecule has 2 N–H and O–H groups in total. The normalized spacial score (nSPS) is 34.1. The van der Waals surface area contributed by atoms with Crippen molar-refractivity contribution in [3.8, 4) is 11.8 Å². The fraction of sp³-hybridized carbons (Fsp3) is 0.538. The second kappa shape index (κ2) is 4.12. The van der Waals surface area contributed by atoms with Gasteiger partial charge >= 0.3 is 0 Å². The van der Waals surface area contributed by atoms with Crippen molar-refractivity contribution < 1.29 is 0 Å². The smallest absolute Gasteiger partial charge is 0.0844 e. The minimum Gasteiger partial charge on any atom is -0.378 e. The van der Waals surface area contributed by atoms with Gasteiger partial charge < -0.3 is 10.6 Å². The van der Waals surface area contributed by atoms with Gasteiger partial charge in [-0.25, -0.2) is 0 Å². The van der Waals surface area contributed by atoms with Gasteiger partial charge in [0.1, 0.15) is 0 Å². The van der Waals surface area contributed by atoms with Gasteiger partial charge in [0.2, 0.25) is 0 Å². The average Bonchev–Trinajstić information content (AvgIpc) is 2.79. The van der Waals surface area contributed by atoms with Gasteiger partial charge in [0.15, 0.2) is 0 Å². The third-order valence-corrected chi connectivity index (χ3v) is 3.18. The number of hydrogen-bond donors (Lipinski definition) is 2. The van der Waals surface area contributed by atoms with Gasteiger partial charge in [0.05, 0.1) is 6.04 Å². The van der Waals surface area contributed by atoms with Crippen LogP contribution in [0.15, 0.2) is 24.9 Å². The Morgan fingerprint density at radius 3 is 3.13 bits per heavy atom. The lowest BCUT2D eigenvalue weighted by molar-refractivity contribution is 0.663. The molecular weight excluding hydrogens is 184 g/mol. The summed E-state index contributed by atoms with van der Waals surface area (Å²) in [5, 5.41) is 6.59. The Labute approximate surface area is 91.8 Å². The fourth-order valence-electron chi connectivity index (χ4n) is 2.09. The van der Waals surface area contributed by atoms with Crippen molar-refractivity contribution in [2.45, 2.75) is 19.4 Å². The second-order valence-corrected chi connectivity index (χ2v) is 4.44. The van der Waals surface area contributed by atoms with Crippen LogP contribution in [0.3, 0.4) is 0 Å². The summed E-state index contributed by atoms with van der Waals surface area (Å²) in [6.45, 7) is 7.94. The standard InChI is InChI=1S/C13H18N2/c1-3-4-7-15-11(2)5-6-13-8-12(13)9-14-10-13/h3-4,7,11-12,14-15H,1,8-10H2,2H3/b7-4-/t11-,12?,13?/m0/s1. The van der Waals surface area contributed by atoms with E-state index in [4.69, 9.17) is 0 Å². The van der Waals surface area contributed by atoms with Crippen molar-refractivity contribution in [1.82, 2.24) is 10.6 Å². The summed E-state index contributed by atoms with van der Waals surface area (Å²) in [6.07, 6.45) is 6.82. The zero-order valence-corrected chi connectivity index (χ0v) is 9.22. The molecule has 0 aromatic rings. The van der Waals surface area contributed by atoms with E-state index in [0.717, 1.165) is 19.0 Å². The zero-order chi connectivity index (χ0) is 10.7. The van der Waals surface area contributed by atoms with Crippen molar-refractivity contribution in [2.75, 3.05) is 13.1 Å². The molecule has 2 nitrogen and oxygen atoms in total. The number of hydrogen-bond acceptors (Lipinski definition) is 2. The van der Waals surface area contributed by atoms with E-state index in [2.05, 4.69) is 36.0 Å². The molecule has 15 heavy (non-hydrogen) atoms. The monoisotopic (exact) mass is 202 g/mol. The van der Waals surface area contributed by atoms with Gasteiger partial charge in [-0.15, -0.1) is 0 Å². The number of fused-ring (bicyclic) bond motifs is 1. The lowest BCUT2D eigenvalue weighted by Crippen LogP contribution is -2.19. The molecule has 1 aliphatic heterocycles. The van der Waals surface area contributed by atoms with Crippen LogP contribution in [0.4, 0.5) is 0 Å². The summed E-state index contributed by atoms with van der Waals surface area (Å²) in [5.41, 5.74) is 0.331. The molecule has 1 saturated carbocycles. The summed E-state index contributed by atoms with van der Waals surface area (Å²) < 4.78 is 0. The molecule has 3 atom stereocenters. The van der Waals surface area contributed by atoms with E-state index in [1.54, 1.807) is 6.08 Å². The molecule has 0 aromatic heterocycles. The predicted molar refractivity (Wildman–Crippen MR) is 63.1 cm³/mol. The molecule has 1 heterocycles. The molecule has 2 aliphatic rings. The molecule has 1 saturated heterocycles. The van der Waals surface area contributed by atoms with Gasteiger partial charge in [-0.3, -0.25) is 0 Å². The number of piperidine rings is 1. The highest BCUT2D eigenvalue weighted by atomic mass is 15.0.